The van der Waals surface area contributed by atoms with Crippen LogP contribution >= 0.6 is 11.8 Å². The van der Waals surface area contributed by atoms with Crippen LogP contribution in [0, 0.1) is 6.92 Å². The largest absolute Gasteiger partial charge is 0.352 e. The summed E-state index contributed by atoms with van der Waals surface area (Å²) in [5.74, 6) is 0.178. The highest BCUT2D eigenvalue weighted by Gasteiger charge is 2.28. The number of piperidine rings is 1. The fourth-order valence-electron chi connectivity index (χ4n) is 4.04. The Kier molecular flexibility index (Phi) is 10.1. The lowest BCUT2D eigenvalue weighted by Crippen LogP contribution is -2.44. The van der Waals surface area contributed by atoms with Crippen molar-refractivity contribution in [1.82, 2.24) is 30.1 Å². The van der Waals surface area contributed by atoms with Crippen molar-refractivity contribution in [2.24, 2.45) is 0 Å². The minimum atomic E-state index is -0.114. The van der Waals surface area contributed by atoms with Crippen molar-refractivity contribution < 1.29 is 14.4 Å². The summed E-state index contributed by atoms with van der Waals surface area (Å²) in [6, 6.07) is 3.72. The molecule has 0 spiro atoms. The average molecular weight is 501 g/mol. The predicted molar refractivity (Wildman–Crippen MR) is 137 cm³/mol. The highest BCUT2D eigenvalue weighted by atomic mass is 32.2. The summed E-state index contributed by atoms with van der Waals surface area (Å²) in [5.41, 5.74) is 2.29. The number of amides is 3. The average Bonchev–Trinajstić information content (AvgIpc) is 3.37. The molecule has 35 heavy (non-hydrogen) atoms. The van der Waals surface area contributed by atoms with Gasteiger partial charge in [-0.15, -0.1) is 11.8 Å². The molecule has 0 radical (unpaired) electrons. The number of thioether (sulfide) groups is 1. The number of nitrogens with one attached hydrogen (secondary N) is 2. The molecule has 1 aliphatic rings. The Morgan fingerprint density at radius 3 is 2.63 bits per heavy atom. The highest BCUT2D eigenvalue weighted by molar-refractivity contribution is 8.00. The van der Waals surface area contributed by atoms with Crippen LogP contribution in [0.2, 0.25) is 0 Å². The molecule has 3 heterocycles. The van der Waals surface area contributed by atoms with Gasteiger partial charge in [0, 0.05) is 50.2 Å². The Hall–Kier alpha value is -2.88. The van der Waals surface area contributed by atoms with Gasteiger partial charge < -0.3 is 20.1 Å². The van der Waals surface area contributed by atoms with Gasteiger partial charge >= 0.3 is 0 Å². The van der Waals surface area contributed by atoms with Crippen molar-refractivity contribution in [3.8, 4) is 0 Å². The summed E-state index contributed by atoms with van der Waals surface area (Å²) in [7, 11) is 0. The van der Waals surface area contributed by atoms with Gasteiger partial charge in [0.25, 0.3) is 5.91 Å². The number of rotatable bonds is 11. The van der Waals surface area contributed by atoms with Crippen LogP contribution in [-0.2, 0) is 16.1 Å². The second-order valence-electron chi connectivity index (χ2n) is 9.09. The van der Waals surface area contributed by atoms with Crippen LogP contribution in [0.4, 0.5) is 0 Å². The smallest absolute Gasteiger partial charge is 0.253 e. The number of hydrogen-bond donors (Lipinski definition) is 2. The molecule has 2 aromatic heterocycles. The first kappa shape index (κ1) is 26.7. The van der Waals surface area contributed by atoms with Gasteiger partial charge in [-0.1, -0.05) is 13.8 Å². The molecular weight excluding hydrogens is 464 g/mol. The molecular formula is C25H36N6O3S. The maximum atomic E-state index is 12.9. The maximum Gasteiger partial charge on any atom is 0.253 e. The molecule has 1 saturated heterocycles. The van der Waals surface area contributed by atoms with Crippen LogP contribution in [-0.4, -0.2) is 74.3 Å². The molecule has 0 unspecified atom stereocenters. The summed E-state index contributed by atoms with van der Waals surface area (Å²) in [4.78, 5) is 47.9. The molecule has 0 saturated carbocycles. The van der Waals surface area contributed by atoms with Gasteiger partial charge in [-0.3, -0.25) is 19.4 Å². The summed E-state index contributed by atoms with van der Waals surface area (Å²) in [6.07, 6.45) is 7.69. The Morgan fingerprint density at radius 1 is 1.17 bits per heavy atom. The van der Waals surface area contributed by atoms with Crippen molar-refractivity contribution in [2.45, 2.75) is 57.7 Å². The maximum absolute atomic E-state index is 12.9. The number of likely N-dealkylation sites (tertiary alicyclic amines) is 1. The number of carbonyl (C=O) groups is 3. The molecule has 0 atom stereocenters. The van der Waals surface area contributed by atoms with Gasteiger partial charge in [-0.25, -0.2) is 4.98 Å². The number of carbonyl (C=O) groups excluding carboxylic acids is 3. The third kappa shape index (κ3) is 8.38. The van der Waals surface area contributed by atoms with Crippen molar-refractivity contribution in [1.29, 1.82) is 0 Å². The molecule has 1 aliphatic heterocycles. The summed E-state index contributed by atoms with van der Waals surface area (Å²) >= 11 is 1.55. The van der Waals surface area contributed by atoms with Crippen molar-refractivity contribution >= 4 is 29.5 Å². The third-order valence-electron chi connectivity index (χ3n) is 5.97. The van der Waals surface area contributed by atoms with Crippen LogP contribution in [0.5, 0.6) is 0 Å². The second kappa shape index (κ2) is 13.3. The molecule has 2 aromatic rings. The van der Waals surface area contributed by atoms with E-state index in [-0.39, 0.29) is 30.2 Å². The predicted octanol–water partition coefficient (Wildman–Crippen LogP) is 2.37. The van der Waals surface area contributed by atoms with Crippen molar-refractivity contribution in [3.63, 3.8) is 0 Å². The van der Waals surface area contributed by atoms with E-state index in [9.17, 15) is 14.4 Å². The Bertz CT molecular complexity index is 987. The van der Waals surface area contributed by atoms with Gasteiger partial charge in [0.15, 0.2) is 0 Å². The quantitative estimate of drug-likeness (QED) is 0.459. The first-order chi connectivity index (χ1) is 16.8. The van der Waals surface area contributed by atoms with Crippen LogP contribution in [0.15, 0.2) is 30.9 Å². The fourth-order valence-corrected chi connectivity index (χ4v) is 4.63. The second-order valence-corrected chi connectivity index (χ2v) is 10.7. The normalized spacial score (nSPS) is 14.2. The van der Waals surface area contributed by atoms with Crippen LogP contribution in [0.25, 0.3) is 0 Å². The standard InChI is InChI=1S/C25H36N6O3S/c1-18(2)35-16-22(32)28-15-23(33)31-12-7-20(8-13-31)24-21(6-5-19(3)29-24)25(34)27-9-4-11-30-14-10-26-17-30/h5-6,10,14,17-18,20H,4,7-9,11-13,15-16H2,1-3H3,(H,27,34)(H,28,32). The van der Waals surface area contributed by atoms with Gasteiger partial charge in [0.1, 0.15) is 0 Å². The molecule has 1 fully saturated rings. The summed E-state index contributed by atoms with van der Waals surface area (Å²) in [5, 5.41) is 6.11. The topological polar surface area (TPSA) is 109 Å². The van der Waals surface area contributed by atoms with E-state index in [1.165, 1.54) is 0 Å². The highest BCUT2D eigenvalue weighted by Crippen LogP contribution is 2.29. The number of imidazole rings is 1. The SMILES string of the molecule is Cc1ccc(C(=O)NCCCn2ccnc2)c(C2CCN(C(=O)CNC(=O)CSC(C)C)CC2)n1. The molecule has 0 aromatic carbocycles. The van der Waals surface area contributed by atoms with Crippen LogP contribution in [0.1, 0.15) is 60.8 Å². The van der Waals surface area contributed by atoms with Gasteiger partial charge in [0.05, 0.1) is 29.9 Å². The van der Waals surface area contributed by atoms with Crippen LogP contribution in [0.3, 0.4) is 0 Å². The molecule has 3 rings (SSSR count). The molecule has 9 nitrogen and oxygen atoms in total. The minimum Gasteiger partial charge on any atom is -0.352 e. The molecule has 3 amide bonds. The van der Waals surface area contributed by atoms with E-state index < -0.39 is 0 Å². The van der Waals surface area contributed by atoms with Crippen molar-refractivity contribution in [3.05, 3.63) is 47.8 Å². The van der Waals surface area contributed by atoms with E-state index in [0.29, 0.717) is 36.2 Å². The van der Waals surface area contributed by atoms with E-state index in [0.717, 1.165) is 37.2 Å². The lowest BCUT2D eigenvalue weighted by Gasteiger charge is -2.32. The first-order valence-electron chi connectivity index (χ1n) is 12.2. The zero-order valence-corrected chi connectivity index (χ0v) is 21.6. The van der Waals surface area contributed by atoms with Gasteiger partial charge in [-0.2, -0.15) is 0 Å². The zero-order valence-electron chi connectivity index (χ0n) is 20.8. The summed E-state index contributed by atoms with van der Waals surface area (Å²) < 4.78 is 1.98. The van der Waals surface area contributed by atoms with E-state index in [1.54, 1.807) is 29.2 Å². The Labute approximate surface area is 211 Å². The molecule has 190 valence electrons. The zero-order chi connectivity index (χ0) is 25.2. The number of aryl methyl sites for hydroxylation is 2. The first-order valence-corrected chi connectivity index (χ1v) is 13.3. The Balaban J connectivity index is 1.49. The monoisotopic (exact) mass is 500 g/mol. The number of nitrogens with zero attached hydrogens (tertiary/aromatic N) is 4. The number of pyridine rings is 1. The lowest BCUT2D eigenvalue weighted by atomic mass is 9.89. The summed E-state index contributed by atoms with van der Waals surface area (Å²) in [6.45, 7) is 8.56. The molecule has 0 bridgehead atoms. The molecule has 2 N–H and O–H groups in total. The number of hydrogen-bond acceptors (Lipinski definition) is 6. The van der Waals surface area contributed by atoms with E-state index in [2.05, 4.69) is 15.6 Å². The van der Waals surface area contributed by atoms with Crippen molar-refractivity contribution in [2.75, 3.05) is 31.9 Å². The fraction of sp³-hybridized carbons (Fsp3) is 0.560. The molecule has 10 heteroatoms. The van der Waals surface area contributed by atoms with E-state index >= 15 is 0 Å². The van der Waals surface area contributed by atoms with Gasteiger partial charge in [0.2, 0.25) is 11.8 Å². The van der Waals surface area contributed by atoms with E-state index in [1.807, 2.05) is 43.7 Å². The van der Waals surface area contributed by atoms with E-state index in [4.69, 9.17) is 4.98 Å². The number of aromatic nitrogens is 3. The lowest BCUT2D eigenvalue weighted by molar-refractivity contribution is -0.133. The Morgan fingerprint density at radius 2 is 1.94 bits per heavy atom. The van der Waals surface area contributed by atoms with Gasteiger partial charge in [-0.05, 0) is 43.6 Å². The molecule has 0 aliphatic carbocycles. The third-order valence-corrected chi connectivity index (χ3v) is 7.06. The van der Waals surface area contributed by atoms with Crippen LogP contribution < -0.4 is 10.6 Å². The minimum absolute atomic E-state index is 0.0254.